The molecule has 0 atom stereocenters. The van der Waals surface area contributed by atoms with Crippen molar-refractivity contribution in [2.75, 3.05) is 5.32 Å². The zero-order valence-corrected chi connectivity index (χ0v) is 11.5. The number of nitrogens with zero attached hydrogens (tertiary/aromatic N) is 1. The van der Waals surface area contributed by atoms with Crippen LogP contribution in [0, 0.1) is 20.8 Å². The zero-order chi connectivity index (χ0) is 13.8. The molecule has 98 valence electrons. The Morgan fingerprint density at radius 1 is 1.16 bits per heavy atom. The van der Waals surface area contributed by atoms with E-state index in [1.165, 1.54) is 5.56 Å². The lowest BCUT2D eigenvalue weighted by Gasteiger charge is -2.12. The molecule has 1 aromatic carbocycles. The number of aryl methyl sites for hydroxylation is 3. The van der Waals surface area contributed by atoms with Gasteiger partial charge in [-0.1, -0.05) is 23.8 Å². The predicted molar refractivity (Wildman–Crippen MR) is 77.2 cm³/mol. The molecular weight excluding hydrogens is 236 g/mol. The Balaban J connectivity index is 2.12. The van der Waals surface area contributed by atoms with Gasteiger partial charge in [0.1, 0.15) is 0 Å². The van der Waals surface area contributed by atoms with E-state index in [1.54, 1.807) is 6.20 Å². The molecule has 0 saturated carbocycles. The molecule has 0 fully saturated rings. The first-order valence-electron chi connectivity index (χ1n) is 6.34. The standard InChI is InChI=1S/C16H18N2O/c1-11-8-12(2)16(13(3)9-11)18-15(19)10-14-6-4-5-7-17-14/h4-9H,10H2,1-3H3,(H,18,19). The molecular formula is C16H18N2O. The smallest absolute Gasteiger partial charge is 0.230 e. The molecule has 2 rings (SSSR count). The average molecular weight is 254 g/mol. The van der Waals surface area contributed by atoms with E-state index >= 15 is 0 Å². The lowest BCUT2D eigenvalue weighted by molar-refractivity contribution is -0.115. The first-order valence-corrected chi connectivity index (χ1v) is 6.34. The van der Waals surface area contributed by atoms with Gasteiger partial charge in [-0.2, -0.15) is 0 Å². The molecule has 0 saturated heterocycles. The number of hydrogen-bond donors (Lipinski definition) is 1. The Hall–Kier alpha value is -2.16. The molecule has 19 heavy (non-hydrogen) atoms. The van der Waals surface area contributed by atoms with Crippen molar-refractivity contribution in [1.29, 1.82) is 0 Å². The fourth-order valence-electron chi connectivity index (χ4n) is 2.23. The number of carbonyl (C=O) groups excluding carboxylic acids is 1. The molecule has 3 nitrogen and oxygen atoms in total. The number of rotatable bonds is 3. The third kappa shape index (κ3) is 3.41. The van der Waals surface area contributed by atoms with Gasteiger partial charge in [-0.25, -0.2) is 0 Å². The van der Waals surface area contributed by atoms with Gasteiger partial charge in [0.15, 0.2) is 0 Å². The highest BCUT2D eigenvalue weighted by atomic mass is 16.1. The highest BCUT2D eigenvalue weighted by molar-refractivity contribution is 5.93. The summed E-state index contributed by atoms with van der Waals surface area (Å²) in [4.78, 5) is 16.2. The normalized spacial score (nSPS) is 10.3. The van der Waals surface area contributed by atoms with Crippen LogP contribution in [0.4, 0.5) is 5.69 Å². The molecule has 0 aliphatic rings. The summed E-state index contributed by atoms with van der Waals surface area (Å²) in [5.41, 5.74) is 5.07. The van der Waals surface area contributed by atoms with Gasteiger partial charge in [0.2, 0.25) is 5.91 Å². The van der Waals surface area contributed by atoms with Crippen molar-refractivity contribution < 1.29 is 4.79 Å². The number of nitrogens with one attached hydrogen (secondary N) is 1. The average Bonchev–Trinajstić information content (AvgIpc) is 2.35. The first kappa shape index (κ1) is 13.3. The summed E-state index contributed by atoms with van der Waals surface area (Å²) in [5, 5.41) is 2.98. The van der Waals surface area contributed by atoms with Crippen LogP contribution in [0.15, 0.2) is 36.5 Å². The van der Waals surface area contributed by atoms with Crippen LogP contribution in [0.2, 0.25) is 0 Å². The topological polar surface area (TPSA) is 42.0 Å². The van der Waals surface area contributed by atoms with Crippen molar-refractivity contribution in [2.24, 2.45) is 0 Å². The number of amides is 1. The summed E-state index contributed by atoms with van der Waals surface area (Å²) in [6.07, 6.45) is 2.00. The van der Waals surface area contributed by atoms with Crippen LogP contribution in [0.25, 0.3) is 0 Å². The molecule has 1 heterocycles. The minimum atomic E-state index is -0.0336. The third-order valence-corrected chi connectivity index (χ3v) is 3.01. The summed E-state index contributed by atoms with van der Waals surface area (Å²) in [5.74, 6) is -0.0336. The quantitative estimate of drug-likeness (QED) is 0.914. The fraction of sp³-hybridized carbons (Fsp3) is 0.250. The maximum absolute atomic E-state index is 12.0. The highest BCUT2D eigenvalue weighted by Crippen LogP contribution is 2.21. The monoisotopic (exact) mass is 254 g/mol. The van der Waals surface area contributed by atoms with Gasteiger partial charge in [-0.3, -0.25) is 9.78 Å². The van der Waals surface area contributed by atoms with Gasteiger partial charge in [-0.05, 0) is 44.0 Å². The van der Waals surface area contributed by atoms with Crippen molar-refractivity contribution in [2.45, 2.75) is 27.2 Å². The summed E-state index contributed by atoms with van der Waals surface area (Å²) in [7, 11) is 0. The van der Waals surface area contributed by atoms with E-state index in [0.717, 1.165) is 22.5 Å². The van der Waals surface area contributed by atoms with Crippen LogP contribution >= 0.6 is 0 Å². The Labute approximate surface area is 113 Å². The fourth-order valence-corrected chi connectivity index (χ4v) is 2.23. The van der Waals surface area contributed by atoms with E-state index in [0.29, 0.717) is 6.42 Å². The molecule has 1 aromatic heterocycles. The van der Waals surface area contributed by atoms with E-state index in [4.69, 9.17) is 0 Å². The summed E-state index contributed by atoms with van der Waals surface area (Å²) in [6.45, 7) is 6.08. The maximum atomic E-state index is 12.0. The van der Waals surface area contributed by atoms with Crippen molar-refractivity contribution in [1.82, 2.24) is 4.98 Å². The van der Waals surface area contributed by atoms with E-state index in [9.17, 15) is 4.79 Å². The van der Waals surface area contributed by atoms with Crippen molar-refractivity contribution in [3.05, 3.63) is 58.9 Å². The molecule has 1 N–H and O–H groups in total. The second-order valence-electron chi connectivity index (χ2n) is 4.82. The molecule has 3 heteroatoms. The van der Waals surface area contributed by atoms with Crippen molar-refractivity contribution in [3.8, 4) is 0 Å². The second kappa shape index (κ2) is 5.65. The van der Waals surface area contributed by atoms with Gasteiger partial charge >= 0.3 is 0 Å². The van der Waals surface area contributed by atoms with Crippen molar-refractivity contribution >= 4 is 11.6 Å². The number of benzene rings is 1. The summed E-state index contributed by atoms with van der Waals surface area (Å²) in [6, 6.07) is 9.73. The van der Waals surface area contributed by atoms with Crippen LogP contribution < -0.4 is 5.32 Å². The van der Waals surface area contributed by atoms with Crippen molar-refractivity contribution in [3.63, 3.8) is 0 Å². The molecule has 0 unspecified atom stereocenters. The maximum Gasteiger partial charge on any atom is 0.230 e. The molecule has 0 spiro atoms. The molecule has 0 radical (unpaired) electrons. The predicted octanol–water partition coefficient (Wildman–Crippen LogP) is 3.19. The van der Waals surface area contributed by atoms with Crippen LogP contribution in [0.3, 0.4) is 0 Å². The van der Waals surface area contributed by atoms with E-state index in [1.807, 2.05) is 32.0 Å². The number of carbonyl (C=O) groups is 1. The Morgan fingerprint density at radius 2 is 1.84 bits per heavy atom. The Kier molecular flexibility index (Phi) is 3.95. The molecule has 2 aromatic rings. The summed E-state index contributed by atoms with van der Waals surface area (Å²) < 4.78 is 0. The van der Waals surface area contributed by atoms with Crippen LogP contribution in [0.1, 0.15) is 22.4 Å². The largest absolute Gasteiger partial charge is 0.325 e. The first-order chi connectivity index (χ1) is 9.06. The Bertz CT molecular complexity index is 568. The SMILES string of the molecule is Cc1cc(C)c(NC(=O)Cc2ccccn2)c(C)c1. The van der Waals surface area contributed by atoms with Crippen LogP contribution in [-0.4, -0.2) is 10.9 Å². The number of aromatic nitrogens is 1. The van der Waals surface area contributed by atoms with Gasteiger partial charge in [0.25, 0.3) is 0 Å². The second-order valence-corrected chi connectivity index (χ2v) is 4.82. The number of pyridine rings is 1. The number of hydrogen-bond acceptors (Lipinski definition) is 2. The van der Waals surface area contributed by atoms with Crippen LogP contribution in [-0.2, 0) is 11.2 Å². The van der Waals surface area contributed by atoms with Gasteiger partial charge in [-0.15, -0.1) is 0 Å². The summed E-state index contributed by atoms with van der Waals surface area (Å²) >= 11 is 0. The van der Waals surface area contributed by atoms with E-state index < -0.39 is 0 Å². The molecule has 0 aliphatic carbocycles. The minimum absolute atomic E-state index is 0.0336. The Morgan fingerprint density at radius 3 is 2.42 bits per heavy atom. The van der Waals surface area contributed by atoms with Gasteiger partial charge < -0.3 is 5.32 Å². The number of anilines is 1. The van der Waals surface area contributed by atoms with Gasteiger partial charge in [0, 0.05) is 17.6 Å². The lowest BCUT2D eigenvalue weighted by Crippen LogP contribution is -2.16. The van der Waals surface area contributed by atoms with Crippen LogP contribution in [0.5, 0.6) is 0 Å². The lowest BCUT2D eigenvalue weighted by atomic mass is 10.0. The zero-order valence-electron chi connectivity index (χ0n) is 11.5. The van der Waals surface area contributed by atoms with E-state index in [-0.39, 0.29) is 5.91 Å². The minimum Gasteiger partial charge on any atom is -0.325 e. The molecule has 0 aliphatic heterocycles. The van der Waals surface area contributed by atoms with Gasteiger partial charge in [0.05, 0.1) is 6.42 Å². The molecule has 1 amide bonds. The highest BCUT2D eigenvalue weighted by Gasteiger charge is 2.09. The van der Waals surface area contributed by atoms with E-state index in [2.05, 4.69) is 29.4 Å². The third-order valence-electron chi connectivity index (χ3n) is 3.01. The molecule has 0 bridgehead atoms.